The number of hydrogen-bond donors (Lipinski definition) is 1. The number of carbonyl (C=O) groups excluding carboxylic acids is 4. The molecule has 3 amide bonds. The summed E-state index contributed by atoms with van der Waals surface area (Å²) in [6.45, 7) is 5.43. The molecule has 0 fully saturated rings. The second-order valence-corrected chi connectivity index (χ2v) is 8.05. The van der Waals surface area contributed by atoms with E-state index in [1.807, 2.05) is 32.9 Å². The van der Waals surface area contributed by atoms with Gasteiger partial charge in [0.15, 0.2) is 6.61 Å². The molecule has 1 aliphatic heterocycles. The monoisotopic (exact) mass is 472 g/mol. The maximum atomic E-state index is 13.1. The Morgan fingerprint density at radius 2 is 1.66 bits per heavy atom. The molecule has 0 radical (unpaired) electrons. The fourth-order valence-corrected chi connectivity index (χ4v) is 3.80. The molecule has 0 saturated carbocycles. The van der Waals surface area contributed by atoms with Crippen molar-refractivity contribution in [3.8, 4) is 5.75 Å². The zero-order valence-electron chi connectivity index (χ0n) is 19.6. The minimum Gasteiger partial charge on any atom is -0.492 e. The first-order chi connectivity index (χ1) is 16.8. The molecule has 3 aromatic rings. The number of nitrogens with zero attached hydrogens (tertiary/aromatic N) is 1. The SMILES string of the molecule is CCOc1ccccc1NC(=O)COC(=O)c1ccc2c(c1)C(=O)N(c1cc(C)ccc1C)C2=O. The topological polar surface area (TPSA) is 102 Å². The second kappa shape index (κ2) is 9.80. The van der Waals surface area contributed by atoms with Gasteiger partial charge in [0.2, 0.25) is 0 Å². The van der Waals surface area contributed by atoms with Crippen LogP contribution < -0.4 is 15.0 Å². The van der Waals surface area contributed by atoms with E-state index in [4.69, 9.17) is 9.47 Å². The standard InChI is InChI=1S/C27H24N2O6/c1-4-34-23-8-6-5-7-21(23)28-24(30)15-35-27(33)18-11-12-19-20(14-18)26(32)29(25(19)31)22-13-16(2)9-10-17(22)3/h5-14H,4,15H2,1-3H3,(H,28,30). The Kier molecular flexibility index (Phi) is 6.64. The van der Waals surface area contributed by atoms with E-state index in [1.165, 1.54) is 18.2 Å². The van der Waals surface area contributed by atoms with Crippen molar-refractivity contribution in [1.82, 2.24) is 0 Å². The summed E-state index contributed by atoms with van der Waals surface area (Å²) in [4.78, 5) is 52.0. The number of ether oxygens (including phenoxy) is 2. The Bertz CT molecular complexity index is 1350. The quantitative estimate of drug-likeness (QED) is 0.406. The van der Waals surface area contributed by atoms with Gasteiger partial charge in [0, 0.05) is 0 Å². The second-order valence-electron chi connectivity index (χ2n) is 8.05. The maximum Gasteiger partial charge on any atom is 0.338 e. The number of para-hydroxylation sites is 2. The Hall–Kier alpha value is -4.46. The lowest BCUT2D eigenvalue weighted by atomic mass is 10.1. The predicted octanol–water partition coefficient (Wildman–Crippen LogP) is 4.30. The molecule has 178 valence electrons. The van der Waals surface area contributed by atoms with Gasteiger partial charge in [-0.05, 0) is 68.3 Å². The number of carbonyl (C=O) groups is 4. The number of esters is 1. The van der Waals surface area contributed by atoms with Crippen LogP contribution in [0.15, 0.2) is 60.7 Å². The molecule has 0 aromatic heterocycles. The first-order valence-corrected chi connectivity index (χ1v) is 11.1. The van der Waals surface area contributed by atoms with E-state index in [0.717, 1.165) is 16.0 Å². The van der Waals surface area contributed by atoms with Gasteiger partial charge in [-0.2, -0.15) is 0 Å². The van der Waals surface area contributed by atoms with Crippen molar-refractivity contribution >= 4 is 35.1 Å². The average molecular weight is 472 g/mol. The van der Waals surface area contributed by atoms with Crippen LogP contribution in [0.4, 0.5) is 11.4 Å². The molecule has 3 aromatic carbocycles. The summed E-state index contributed by atoms with van der Waals surface area (Å²) >= 11 is 0. The molecular formula is C27H24N2O6. The summed E-state index contributed by atoms with van der Waals surface area (Å²) in [7, 11) is 0. The Balaban J connectivity index is 1.46. The van der Waals surface area contributed by atoms with Crippen LogP contribution >= 0.6 is 0 Å². The number of amides is 3. The van der Waals surface area contributed by atoms with Gasteiger partial charge in [-0.25, -0.2) is 9.69 Å². The van der Waals surface area contributed by atoms with E-state index >= 15 is 0 Å². The van der Waals surface area contributed by atoms with Crippen molar-refractivity contribution in [3.05, 3.63) is 88.5 Å². The number of nitrogens with one attached hydrogen (secondary N) is 1. The molecule has 1 aliphatic rings. The summed E-state index contributed by atoms with van der Waals surface area (Å²) in [6, 6.07) is 16.6. The fourth-order valence-electron chi connectivity index (χ4n) is 3.80. The van der Waals surface area contributed by atoms with Crippen LogP contribution in [0, 0.1) is 13.8 Å². The normalized spacial score (nSPS) is 12.4. The maximum absolute atomic E-state index is 13.1. The van der Waals surface area contributed by atoms with Crippen molar-refractivity contribution in [2.45, 2.75) is 20.8 Å². The van der Waals surface area contributed by atoms with Gasteiger partial charge in [-0.3, -0.25) is 14.4 Å². The van der Waals surface area contributed by atoms with Crippen LogP contribution in [-0.2, 0) is 9.53 Å². The van der Waals surface area contributed by atoms with E-state index in [0.29, 0.717) is 23.7 Å². The molecule has 4 rings (SSSR count). The molecule has 0 spiro atoms. The molecule has 8 nitrogen and oxygen atoms in total. The van der Waals surface area contributed by atoms with Gasteiger partial charge >= 0.3 is 5.97 Å². The number of rotatable bonds is 7. The molecule has 8 heteroatoms. The lowest BCUT2D eigenvalue weighted by Crippen LogP contribution is -2.30. The van der Waals surface area contributed by atoms with E-state index in [1.54, 1.807) is 30.3 Å². The highest BCUT2D eigenvalue weighted by molar-refractivity contribution is 6.35. The molecule has 35 heavy (non-hydrogen) atoms. The summed E-state index contributed by atoms with van der Waals surface area (Å²) in [5.74, 6) is -1.79. The number of hydrogen-bond acceptors (Lipinski definition) is 6. The van der Waals surface area contributed by atoms with Crippen molar-refractivity contribution in [2.75, 3.05) is 23.4 Å². The van der Waals surface area contributed by atoms with E-state index in [9.17, 15) is 19.2 Å². The largest absolute Gasteiger partial charge is 0.492 e. The van der Waals surface area contributed by atoms with Crippen molar-refractivity contribution < 1.29 is 28.7 Å². The summed E-state index contributed by atoms with van der Waals surface area (Å²) in [5, 5.41) is 2.64. The molecule has 1 N–H and O–H groups in total. The zero-order valence-corrected chi connectivity index (χ0v) is 19.6. The lowest BCUT2D eigenvalue weighted by molar-refractivity contribution is -0.119. The fraction of sp³-hybridized carbons (Fsp3) is 0.185. The van der Waals surface area contributed by atoms with Gasteiger partial charge in [0.1, 0.15) is 5.75 Å². The van der Waals surface area contributed by atoms with Crippen LogP contribution in [0.2, 0.25) is 0 Å². The van der Waals surface area contributed by atoms with Crippen LogP contribution in [0.3, 0.4) is 0 Å². The highest BCUT2D eigenvalue weighted by Gasteiger charge is 2.38. The van der Waals surface area contributed by atoms with Crippen LogP contribution in [0.25, 0.3) is 0 Å². The number of fused-ring (bicyclic) bond motifs is 1. The summed E-state index contributed by atoms with van der Waals surface area (Å²) < 4.78 is 10.6. The zero-order chi connectivity index (χ0) is 25.1. The van der Waals surface area contributed by atoms with Crippen LogP contribution in [-0.4, -0.2) is 36.9 Å². The third kappa shape index (κ3) is 4.77. The van der Waals surface area contributed by atoms with E-state index in [-0.39, 0.29) is 16.7 Å². The Labute approximate surface area is 202 Å². The van der Waals surface area contributed by atoms with Crippen LogP contribution in [0.5, 0.6) is 5.75 Å². The van der Waals surface area contributed by atoms with Gasteiger partial charge in [-0.15, -0.1) is 0 Å². The predicted molar refractivity (Wildman–Crippen MR) is 130 cm³/mol. The van der Waals surface area contributed by atoms with Gasteiger partial charge < -0.3 is 14.8 Å². The minimum atomic E-state index is -0.786. The number of imide groups is 1. The molecule has 0 saturated heterocycles. The first-order valence-electron chi connectivity index (χ1n) is 11.1. The third-order valence-corrected chi connectivity index (χ3v) is 5.52. The highest BCUT2D eigenvalue weighted by atomic mass is 16.5. The highest BCUT2D eigenvalue weighted by Crippen LogP contribution is 2.32. The lowest BCUT2D eigenvalue weighted by Gasteiger charge is -2.17. The van der Waals surface area contributed by atoms with Crippen molar-refractivity contribution in [1.29, 1.82) is 0 Å². The van der Waals surface area contributed by atoms with Crippen LogP contribution in [0.1, 0.15) is 49.1 Å². The van der Waals surface area contributed by atoms with E-state index < -0.39 is 30.3 Å². The molecular weight excluding hydrogens is 448 g/mol. The van der Waals surface area contributed by atoms with Gasteiger partial charge in [-0.1, -0.05) is 24.3 Å². The van der Waals surface area contributed by atoms with Gasteiger partial charge in [0.05, 0.1) is 34.7 Å². The van der Waals surface area contributed by atoms with Gasteiger partial charge in [0.25, 0.3) is 17.7 Å². The van der Waals surface area contributed by atoms with Crippen molar-refractivity contribution in [3.63, 3.8) is 0 Å². The molecule has 0 bridgehead atoms. The first kappa shape index (κ1) is 23.7. The Morgan fingerprint density at radius 1 is 0.914 bits per heavy atom. The smallest absolute Gasteiger partial charge is 0.338 e. The third-order valence-electron chi connectivity index (χ3n) is 5.52. The number of aryl methyl sites for hydroxylation is 2. The molecule has 0 atom stereocenters. The van der Waals surface area contributed by atoms with E-state index in [2.05, 4.69) is 5.32 Å². The van der Waals surface area contributed by atoms with Crippen molar-refractivity contribution in [2.24, 2.45) is 0 Å². The molecule has 0 unspecified atom stereocenters. The Morgan fingerprint density at radius 3 is 2.43 bits per heavy atom. The average Bonchev–Trinajstić information content (AvgIpc) is 3.09. The minimum absolute atomic E-state index is 0.0650. The molecule has 1 heterocycles. The summed E-state index contributed by atoms with van der Waals surface area (Å²) in [6.07, 6.45) is 0. The molecule has 0 aliphatic carbocycles. The summed E-state index contributed by atoms with van der Waals surface area (Å²) in [5.41, 5.74) is 3.04. The number of anilines is 2. The number of benzene rings is 3.